The van der Waals surface area contributed by atoms with E-state index in [9.17, 15) is 4.79 Å². The number of carboxylic acid groups (broad SMARTS) is 1. The van der Waals surface area contributed by atoms with Crippen molar-refractivity contribution in [3.8, 4) is 0 Å². The molecule has 1 fully saturated rings. The lowest BCUT2D eigenvalue weighted by Crippen LogP contribution is -2.24. The van der Waals surface area contributed by atoms with Gasteiger partial charge in [-0.2, -0.15) is 0 Å². The first-order valence-corrected chi connectivity index (χ1v) is 4.86. The Morgan fingerprint density at radius 1 is 1.50 bits per heavy atom. The summed E-state index contributed by atoms with van der Waals surface area (Å²) in [4.78, 5) is 10.8. The van der Waals surface area contributed by atoms with E-state index in [4.69, 9.17) is 5.11 Å². The van der Waals surface area contributed by atoms with Gasteiger partial charge in [-0.15, -0.1) is 5.10 Å². The molecule has 76 valence electrons. The molecular weight excluding hydrogens is 182 g/mol. The minimum absolute atomic E-state index is 0.210. The van der Waals surface area contributed by atoms with Crippen molar-refractivity contribution in [1.29, 1.82) is 0 Å². The van der Waals surface area contributed by atoms with Crippen molar-refractivity contribution in [1.82, 2.24) is 15.0 Å². The fourth-order valence-electron chi connectivity index (χ4n) is 2.04. The van der Waals surface area contributed by atoms with Gasteiger partial charge in [0.1, 0.15) is 0 Å². The largest absolute Gasteiger partial charge is 0.481 e. The minimum Gasteiger partial charge on any atom is -0.481 e. The Labute approximate surface area is 81.7 Å². The first-order valence-electron chi connectivity index (χ1n) is 4.86. The summed E-state index contributed by atoms with van der Waals surface area (Å²) in [5.41, 5.74) is 0. The predicted molar refractivity (Wildman–Crippen MR) is 48.7 cm³/mol. The Kier molecular flexibility index (Phi) is 2.47. The van der Waals surface area contributed by atoms with Crippen molar-refractivity contribution in [2.75, 3.05) is 0 Å². The van der Waals surface area contributed by atoms with Gasteiger partial charge in [0.25, 0.3) is 0 Å². The number of aliphatic carboxylic acids is 1. The summed E-state index contributed by atoms with van der Waals surface area (Å²) in [5, 5.41) is 16.5. The van der Waals surface area contributed by atoms with Crippen LogP contribution in [-0.2, 0) is 4.79 Å². The average molecular weight is 195 g/mol. The van der Waals surface area contributed by atoms with E-state index >= 15 is 0 Å². The molecule has 1 heterocycles. The maximum Gasteiger partial charge on any atom is 0.306 e. The van der Waals surface area contributed by atoms with Crippen LogP contribution in [0.5, 0.6) is 0 Å². The van der Waals surface area contributed by atoms with Crippen LogP contribution in [0.2, 0.25) is 0 Å². The Bertz CT molecular complexity index is 310. The van der Waals surface area contributed by atoms with Gasteiger partial charge in [-0.25, -0.2) is 4.68 Å². The highest BCUT2D eigenvalue weighted by atomic mass is 16.4. The molecule has 0 aromatic carbocycles. The van der Waals surface area contributed by atoms with E-state index in [0.717, 1.165) is 19.3 Å². The SMILES string of the molecule is O=C(O)C1CCCC(n2ccnn2)C1. The second kappa shape index (κ2) is 3.77. The second-order valence-corrected chi connectivity index (χ2v) is 3.74. The van der Waals surface area contributed by atoms with Gasteiger partial charge in [0.05, 0.1) is 18.2 Å². The fraction of sp³-hybridized carbons (Fsp3) is 0.667. The highest BCUT2D eigenvalue weighted by Crippen LogP contribution is 2.31. The zero-order chi connectivity index (χ0) is 9.97. The predicted octanol–water partition coefficient (Wildman–Crippen LogP) is 1.09. The molecule has 0 radical (unpaired) electrons. The average Bonchev–Trinajstić information content (AvgIpc) is 2.71. The van der Waals surface area contributed by atoms with Crippen LogP contribution < -0.4 is 0 Å². The van der Waals surface area contributed by atoms with Gasteiger partial charge in [-0.3, -0.25) is 4.79 Å². The summed E-state index contributed by atoms with van der Waals surface area (Å²) in [7, 11) is 0. The molecule has 0 saturated heterocycles. The van der Waals surface area contributed by atoms with Crippen LogP contribution in [0.15, 0.2) is 12.4 Å². The molecule has 0 bridgehead atoms. The van der Waals surface area contributed by atoms with Gasteiger partial charge in [-0.1, -0.05) is 11.6 Å². The molecule has 1 aromatic rings. The van der Waals surface area contributed by atoms with Crippen LogP contribution in [-0.4, -0.2) is 26.1 Å². The number of hydrogen-bond acceptors (Lipinski definition) is 3. The Balaban J connectivity index is 2.04. The van der Waals surface area contributed by atoms with Crippen molar-refractivity contribution < 1.29 is 9.90 Å². The zero-order valence-corrected chi connectivity index (χ0v) is 7.83. The van der Waals surface area contributed by atoms with Gasteiger partial charge in [0, 0.05) is 6.20 Å². The van der Waals surface area contributed by atoms with Crippen LogP contribution in [0, 0.1) is 5.92 Å². The third-order valence-corrected chi connectivity index (χ3v) is 2.81. The Hall–Kier alpha value is -1.39. The monoisotopic (exact) mass is 195 g/mol. The molecule has 1 saturated carbocycles. The quantitative estimate of drug-likeness (QED) is 0.767. The highest BCUT2D eigenvalue weighted by Gasteiger charge is 2.28. The van der Waals surface area contributed by atoms with E-state index in [2.05, 4.69) is 10.3 Å². The molecule has 0 spiro atoms. The molecule has 2 rings (SSSR count). The van der Waals surface area contributed by atoms with Crippen LogP contribution in [0.3, 0.4) is 0 Å². The van der Waals surface area contributed by atoms with E-state index in [-0.39, 0.29) is 12.0 Å². The molecular formula is C9H13N3O2. The van der Waals surface area contributed by atoms with Crippen molar-refractivity contribution >= 4 is 5.97 Å². The molecule has 1 aliphatic rings. The molecule has 2 unspecified atom stereocenters. The lowest BCUT2D eigenvalue weighted by atomic mass is 9.86. The van der Waals surface area contributed by atoms with E-state index in [1.54, 1.807) is 17.1 Å². The first kappa shape index (κ1) is 9.18. The molecule has 14 heavy (non-hydrogen) atoms. The summed E-state index contributed by atoms with van der Waals surface area (Å²) in [6.07, 6.45) is 6.87. The highest BCUT2D eigenvalue weighted by molar-refractivity contribution is 5.70. The summed E-state index contributed by atoms with van der Waals surface area (Å²) < 4.78 is 1.77. The van der Waals surface area contributed by atoms with Crippen LogP contribution >= 0.6 is 0 Å². The molecule has 5 nitrogen and oxygen atoms in total. The van der Waals surface area contributed by atoms with E-state index in [0.29, 0.717) is 6.42 Å². The van der Waals surface area contributed by atoms with Crippen molar-refractivity contribution in [2.45, 2.75) is 31.7 Å². The lowest BCUT2D eigenvalue weighted by Gasteiger charge is -2.26. The van der Waals surface area contributed by atoms with E-state index in [1.807, 2.05) is 0 Å². The van der Waals surface area contributed by atoms with E-state index < -0.39 is 5.97 Å². The number of carbonyl (C=O) groups is 1. The fourth-order valence-corrected chi connectivity index (χ4v) is 2.04. The topological polar surface area (TPSA) is 68.0 Å². The zero-order valence-electron chi connectivity index (χ0n) is 7.83. The molecule has 1 aromatic heterocycles. The summed E-state index contributed by atoms with van der Waals surface area (Å²) in [5.74, 6) is -0.896. The van der Waals surface area contributed by atoms with Gasteiger partial charge < -0.3 is 5.11 Å². The molecule has 1 aliphatic carbocycles. The normalized spacial score (nSPS) is 27.4. The van der Waals surface area contributed by atoms with Crippen LogP contribution in [0.1, 0.15) is 31.7 Å². The first-order chi connectivity index (χ1) is 6.77. The second-order valence-electron chi connectivity index (χ2n) is 3.74. The maximum absolute atomic E-state index is 10.8. The number of carboxylic acids is 1. The molecule has 0 amide bonds. The third kappa shape index (κ3) is 1.76. The van der Waals surface area contributed by atoms with Gasteiger partial charge in [0.15, 0.2) is 0 Å². The minimum atomic E-state index is -0.685. The van der Waals surface area contributed by atoms with Crippen LogP contribution in [0.4, 0.5) is 0 Å². The molecule has 5 heteroatoms. The van der Waals surface area contributed by atoms with Gasteiger partial charge in [-0.05, 0) is 19.3 Å². The molecule has 0 aliphatic heterocycles. The standard InChI is InChI=1S/C9H13N3O2/c13-9(14)7-2-1-3-8(6-7)12-5-4-10-11-12/h4-5,7-8H,1-3,6H2,(H,13,14). The van der Waals surface area contributed by atoms with Gasteiger partial charge >= 0.3 is 5.97 Å². The Morgan fingerprint density at radius 3 is 3.00 bits per heavy atom. The van der Waals surface area contributed by atoms with Crippen LogP contribution in [0.25, 0.3) is 0 Å². The van der Waals surface area contributed by atoms with Gasteiger partial charge in [0.2, 0.25) is 0 Å². The molecule has 1 N–H and O–H groups in total. The maximum atomic E-state index is 10.8. The van der Waals surface area contributed by atoms with Crippen molar-refractivity contribution in [2.24, 2.45) is 5.92 Å². The van der Waals surface area contributed by atoms with E-state index in [1.165, 1.54) is 0 Å². The number of hydrogen-bond donors (Lipinski definition) is 1. The smallest absolute Gasteiger partial charge is 0.306 e. The number of rotatable bonds is 2. The lowest BCUT2D eigenvalue weighted by molar-refractivity contribution is -0.143. The number of aromatic nitrogens is 3. The molecule has 2 atom stereocenters. The summed E-state index contributed by atoms with van der Waals surface area (Å²) >= 11 is 0. The third-order valence-electron chi connectivity index (χ3n) is 2.81. The summed E-state index contributed by atoms with van der Waals surface area (Å²) in [6.45, 7) is 0. The summed E-state index contributed by atoms with van der Waals surface area (Å²) in [6, 6.07) is 0.215. The van der Waals surface area contributed by atoms with Crippen molar-refractivity contribution in [3.63, 3.8) is 0 Å². The van der Waals surface area contributed by atoms with Crippen molar-refractivity contribution in [3.05, 3.63) is 12.4 Å². The number of nitrogens with zero attached hydrogens (tertiary/aromatic N) is 3. The Morgan fingerprint density at radius 2 is 2.36 bits per heavy atom.